The van der Waals surface area contributed by atoms with E-state index in [0.29, 0.717) is 11.1 Å². The molecule has 19 heavy (non-hydrogen) atoms. The van der Waals surface area contributed by atoms with Gasteiger partial charge in [0.2, 0.25) is 0 Å². The molecule has 0 saturated heterocycles. The summed E-state index contributed by atoms with van der Waals surface area (Å²) < 4.78 is 19.7. The Hall–Kier alpha value is -2.37. The van der Waals surface area contributed by atoms with Gasteiger partial charge in [0.05, 0.1) is 13.7 Å². The van der Waals surface area contributed by atoms with E-state index < -0.39 is 17.1 Å². The second kappa shape index (κ2) is 5.09. The molecule has 2 rings (SSSR count). The first-order valence-electron chi connectivity index (χ1n) is 5.64. The van der Waals surface area contributed by atoms with Gasteiger partial charge in [-0.3, -0.25) is 14.3 Å². The van der Waals surface area contributed by atoms with Gasteiger partial charge in [-0.1, -0.05) is 6.07 Å². The summed E-state index contributed by atoms with van der Waals surface area (Å²) in [5, 5.41) is 0. The van der Waals surface area contributed by atoms with Gasteiger partial charge >= 0.3 is 5.69 Å². The first-order valence-corrected chi connectivity index (χ1v) is 5.64. The highest BCUT2D eigenvalue weighted by molar-refractivity contribution is 5.29. The van der Waals surface area contributed by atoms with E-state index in [0.717, 1.165) is 0 Å². The normalized spacial score (nSPS) is 10.5. The largest absolute Gasteiger partial charge is 0.494 e. The van der Waals surface area contributed by atoms with Crippen LogP contribution < -0.4 is 16.0 Å². The number of H-pyrrole nitrogens is 1. The van der Waals surface area contributed by atoms with Gasteiger partial charge in [-0.25, -0.2) is 9.18 Å². The lowest BCUT2D eigenvalue weighted by molar-refractivity contribution is 0.386. The molecule has 0 bridgehead atoms. The molecule has 100 valence electrons. The van der Waals surface area contributed by atoms with Crippen molar-refractivity contribution < 1.29 is 9.13 Å². The van der Waals surface area contributed by atoms with Crippen molar-refractivity contribution in [3.63, 3.8) is 0 Å². The molecular weight excluding hydrogens is 251 g/mol. The van der Waals surface area contributed by atoms with Crippen LogP contribution in [0.2, 0.25) is 0 Å². The summed E-state index contributed by atoms with van der Waals surface area (Å²) in [5.74, 6) is -0.344. The number of rotatable bonds is 3. The maximum absolute atomic E-state index is 13.5. The molecule has 1 aromatic carbocycles. The van der Waals surface area contributed by atoms with Gasteiger partial charge in [0.25, 0.3) is 5.56 Å². The summed E-state index contributed by atoms with van der Waals surface area (Å²) in [7, 11) is 1.38. The lowest BCUT2D eigenvalue weighted by Gasteiger charge is -2.08. The molecule has 2 aromatic rings. The van der Waals surface area contributed by atoms with Crippen molar-refractivity contribution in [3.05, 3.63) is 62.2 Å². The molecular formula is C13H13FN2O3. The number of nitrogens with zero attached hydrogens (tertiary/aromatic N) is 1. The minimum Gasteiger partial charge on any atom is -0.494 e. The fraction of sp³-hybridized carbons (Fsp3) is 0.231. The molecule has 5 nitrogen and oxygen atoms in total. The first kappa shape index (κ1) is 13.1. The molecule has 0 saturated carbocycles. The van der Waals surface area contributed by atoms with Crippen LogP contribution in [-0.4, -0.2) is 16.7 Å². The van der Waals surface area contributed by atoms with Crippen molar-refractivity contribution in [3.8, 4) is 5.75 Å². The van der Waals surface area contributed by atoms with E-state index in [4.69, 9.17) is 4.74 Å². The van der Waals surface area contributed by atoms with E-state index in [1.54, 1.807) is 13.0 Å². The molecule has 1 aromatic heterocycles. The van der Waals surface area contributed by atoms with E-state index >= 15 is 0 Å². The van der Waals surface area contributed by atoms with Gasteiger partial charge in [0, 0.05) is 11.8 Å². The van der Waals surface area contributed by atoms with Gasteiger partial charge in [0.1, 0.15) is 0 Å². The zero-order chi connectivity index (χ0) is 14.0. The highest BCUT2D eigenvalue weighted by Crippen LogP contribution is 2.17. The van der Waals surface area contributed by atoms with Crippen molar-refractivity contribution in [2.24, 2.45) is 0 Å². The summed E-state index contributed by atoms with van der Waals surface area (Å²) in [5.41, 5.74) is 0.0921. The lowest BCUT2D eigenvalue weighted by Crippen LogP contribution is -2.31. The van der Waals surface area contributed by atoms with Crippen molar-refractivity contribution in [1.82, 2.24) is 9.55 Å². The fourth-order valence-corrected chi connectivity index (χ4v) is 1.74. The molecule has 0 aliphatic rings. The van der Waals surface area contributed by atoms with Crippen LogP contribution >= 0.6 is 0 Å². The summed E-state index contributed by atoms with van der Waals surface area (Å²) >= 11 is 0. The van der Waals surface area contributed by atoms with E-state index in [-0.39, 0.29) is 12.3 Å². The van der Waals surface area contributed by atoms with Crippen molar-refractivity contribution in [2.75, 3.05) is 7.11 Å². The monoisotopic (exact) mass is 264 g/mol. The quantitative estimate of drug-likeness (QED) is 0.901. The number of benzene rings is 1. The standard InChI is InChI=1S/C13H13FN2O3/c1-8-6-16(13(18)15-12(8)17)7-9-3-4-11(19-2)10(14)5-9/h3-6H,7H2,1-2H3,(H,15,17,18). The molecule has 0 spiro atoms. The van der Waals surface area contributed by atoms with Crippen LogP contribution in [0, 0.1) is 12.7 Å². The van der Waals surface area contributed by atoms with Crippen LogP contribution in [0.5, 0.6) is 5.75 Å². The third-order valence-corrected chi connectivity index (χ3v) is 2.76. The average molecular weight is 264 g/mol. The molecule has 1 N–H and O–H groups in total. The molecule has 0 atom stereocenters. The summed E-state index contributed by atoms with van der Waals surface area (Å²) in [4.78, 5) is 25.0. The van der Waals surface area contributed by atoms with E-state index in [1.807, 2.05) is 0 Å². The summed E-state index contributed by atoms with van der Waals surface area (Å²) in [6.07, 6.45) is 1.45. The maximum atomic E-state index is 13.5. The number of hydrogen-bond acceptors (Lipinski definition) is 3. The maximum Gasteiger partial charge on any atom is 0.328 e. The second-order valence-corrected chi connectivity index (χ2v) is 4.17. The molecule has 1 heterocycles. The molecule has 6 heteroatoms. The van der Waals surface area contributed by atoms with Crippen LogP contribution in [0.25, 0.3) is 0 Å². The number of nitrogens with one attached hydrogen (secondary N) is 1. The predicted molar refractivity (Wildman–Crippen MR) is 68.1 cm³/mol. The molecule has 0 radical (unpaired) electrons. The van der Waals surface area contributed by atoms with Crippen molar-refractivity contribution in [1.29, 1.82) is 0 Å². The molecule has 0 aliphatic heterocycles. The zero-order valence-corrected chi connectivity index (χ0v) is 10.6. The average Bonchev–Trinajstić information content (AvgIpc) is 2.36. The van der Waals surface area contributed by atoms with Gasteiger partial charge in [-0.2, -0.15) is 0 Å². The fourth-order valence-electron chi connectivity index (χ4n) is 1.74. The van der Waals surface area contributed by atoms with Crippen LogP contribution in [0.15, 0.2) is 34.0 Å². The SMILES string of the molecule is COc1ccc(Cn2cc(C)c(=O)[nH]c2=O)cc1F. The van der Waals surface area contributed by atoms with E-state index in [1.165, 1.54) is 30.0 Å². The Morgan fingerprint density at radius 3 is 2.74 bits per heavy atom. The summed E-state index contributed by atoms with van der Waals surface area (Å²) in [6.45, 7) is 1.78. The van der Waals surface area contributed by atoms with E-state index in [2.05, 4.69) is 4.98 Å². The van der Waals surface area contributed by atoms with Crippen LogP contribution in [-0.2, 0) is 6.54 Å². The van der Waals surface area contributed by atoms with Crippen molar-refractivity contribution >= 4 is 0 Å². The highest BCUT2D eigenvalue weighted by Gasteiger charge is 2.06. The third kappa shape index (κ3) is 2.73. The summed E-state index contributed by atoms with van der Waals surface area (Å²) in [6, 6.07) is 4.45. The highest BCUT2D eigenvalue weighted by atomic mass is 19.1. The van der Waals surface area contributed by atoms with Crippen LogP contribution in [0.4, 0.5) is 4.39 Å². The Balaban J connectivity index is 2.36. The number of halogens is 1. The molecule has 0 unspecified atom stereocenters. The van der Waals surface area contributed by atoms with Gasteiger partial charge in [-0.15, -0.1) is 0 Å². The Morgan fingerprint density at radius 2 is 2.11 bits per heavy atom. The number of aryl methyl sites for hydroxylation is 1. The van der Waals surface area contributed by atoms with Crippen molar-refractivity contribution in [2.45, 2.75) is 13.5 Å². The number of ether oxygens (including phenoxy) is 1. The lowest BCUT2D eigenvalue weighted by atomic mass is 10.2. The Labute approximate surface area is 108 Å². The number of aromatic nitrogens is 2. The molecule has 0 aliphatic carbocycles. The Bertz CT molecular complexity index is 719. The second-order valence-electron chi connectivity index (χ2n) is 4.17. The Morgan fingerprint density at radius 1 is 1.37 bits per heavy atom. The predicted octanol–water partition coefficient (Wildman–Crippen LogP) is 1.04. The molecule has 0 amide bonds. The molecule has 0 fully saturated rings. The van der Waals surface area contributed by atoms with Crippen LogP contribution in [0.3, 0.4) is 0 Å². The topological polar surface area (TPSA) is 64.1 Å². The number of aromatic amines is 1. The van der Waals surface area contributed by atoms with Crippen LogP contribution in [0.1, 0.15) is 11.1 Å². The number of hydrogen-bond donors (Lipinski definition) is 1. The zero-order valence-electron chi connectivity index (χ0n) is 10.6. The minimum absolute atomic E-state index is 0.147. The smallest absolute Gasteiger partial charge is 0.328 e. The van der Waals surface area contributed by atoms with Gasteiger partial charge in [0.15, 0.2) is 11.6 Å². The minimum atomic E-state index is -0.521. The number of methoxy groups -OCH3 is 1. The Kier molecular flexibility index (Phi) is 3.50. The van der Waals surface area contributed by atoms with Gasteiger partial charge < -0.3 is 4.74 Å². The first-order chi connectivity index (χ1) is 9.01. The van der Waals surface area contributed by atoms with Gasteiger partial charge in [-0.05, 0) is 24.6 Å². The van der Waals surface area contributed by atoms with E-state index in [9.17, 15) is 14.0 Å². The third-order valence-electron chi connectivity index (χ3n) is 2.76.